The summed E-state index contributed by atoms with van der Waals surface area (Å²) >= 11 is 0. The van der Waals surface area contributed by atoms with Gasteiger partial charge in [0.05, 0.1) is 25.2 Å². The number of ether oxygens (including phenoxy) is 2. The third kappa shape index (κ3) is 2.88. The van der Waals surface area contributed by atoms with Crippen molar-refractivity contribution in [3.8, 4) is 34.1 Å². The van der Waals surface area contributed by atoms with Crippen LogP contribution in [0.4, 0.5) is 0 Å². The van der Waals surface area contributed by atoms with Gasteiger partial charge in [-0.3, -0.25) is 4.90 Å². The summed E-state index contributed by atoms with van der Waals surface area (Å²) in [6.45, 7) is 6.26. The predicted octanol–water partition coefficient (Wildman–Crippen LogP) is 5.18. The van der Waals surface area contributed by atoms with E-state index in [-0.39, 0.29) is 17.5 Å². The number of nitrogens with zero attached hydrogens (tertiary/aromatic N) is 1. The number of likely N-dealkylation sites (N-methyl/N-ethyl adjacent to an activating group) is 1. The van der Waals surface area contributed by atoms with E-state index >= 15 is 0 Å². The molecule has 0 radical (unpaired) electrons. The molecule has 3 aromatic rings. The molecule has 0 saturated carbocycles. The average molecular weight is 408 g/mol. The SMILES string of the molecule is COc1c(-c2c(C)cc3cccc(OC)c3c2O)c(O)cc2c1[C@@H](C)N(C)[C@@H](C)C2. The van der Waals surface area contributed by atoms with Crippen LogP contribution in [0.3, 0.4) is 0 Å². The zero-order valence-corrected chi connectivity index (χ0v) is 18.4. The Hall–Kier alpha value is -2.92. The van der Waals surface area contributed by atoms with Gasteiger partial charge < -0.3 is 19.7 Å². The van der Waals surface area contributed by atoms with Crippen molar-refractivity contribution < 1.29 is 19.7 Å². The van der Waals surface area contributed by atoms with Crippen molar-refractivity contribution in [2.75, 3.05) is 21.3 Å². The first kappa shape index (κ1) is 20.4. The van der Waals surface area contributed by atoms with Crippen molar-refractivity contribution in [2.45, 2.75) is 39.3 Å². The van der Waals surface area contributed by atoms with E-state index in [1.54, 1.807) is 14.2 Å². The normalized spacial score (nSPS) is 19.0. The number of phenolic OH excluding ortho intramolecular Hbond substituents is 2. The minimum atomic E-state index is 0.0844. The van der Waals surface area contributed by atoms with Crippen molar-refractivity contribution in [2.24, 2.45) is 0 Å². The standard InChI is InChI=1S/C25H29NO4/c1-13-10-16-8-7-9-19(29-5)22(16)24(28)20(13)23-18(27)12-17-11-14(2)26(4)15(3)21(17)25(23)30-6/h7-10,12,14-15,27-28H,11H2,1-6H3/t14-,15+/m0/s1. The van der Waals surface area contributed by atoms with Gasteiger partial charge in [-0.2, -0.15) is 0 Å². The Morgan fingerprint density at radius 1 is 1.03 bits per heavy atom. The summed E-state index contributed by atoms with van der Waals surface area (Å²) in [6.07, 6.45) is 0.830. The Morgan fingerprint density at radius 3 is 2.43 bits per heavy atom. The third-order valence-corrected chi connectivity index (χ3v) is 6.60. The van der Waals surface area contributed by atoms with Crippen LogP contribution in [0.25, 0.3) is 21.9 Å². The second-order valence-electron chi connectivity index (χ2n) is 8.25. The van der Waals surface area contributed by atoms with Crippen LogP contribution in [0.1, 0.15) is 36.6 Å². The van der Waals surface area contributed by atoms with Gasteiger partial charge in [0.15, 0.2) is 0 Å². The van der Waals surface area contributed by atoms with Crippen LogP contribution in [-0.2, 0) is 6.42 Å². The summed E-state index contributed by atoms with van der Waals surface area (Å²) in [6, 6.07) is 9.98. The van der Waals surface area contributed by atoms with Gasteiger partial charge in [0, 0.05) is 23.2 Å². The molecule has 0 aromatic heterocycles. The lowest BCUT2D eigenvalue weighted by Gasteiger charge is -2.39. The fourth-order valence-corrected chi connectivity index (χ4v) is 4.86. The minimum absolute atomic E-state index is 0.0844. The Kier molecular flexibility index (Phi) is 5.02. The first-order chi connectivity index (χ1) is 14.3. The van der Waals surface area contributed by atoms with E-state index in [0.29, 0.717) is 34.1 Å². The maximum absolute atomic E-state index is 11.3. The second kappa shape index (κ2) is 7.40. The lowest BCUT2D eigenvalue weighted by atomic mass is 9.84. The highest BCUT2D eigenvalue weighted by Gasteiger charge is 2.33. The summed E-state index contributed by atoms with van der Waals surface area (Å²) in [7, 11) is 5.31. The predicted molar refractivity (Wildman–Crippen MR) is 120 cm³/mol. The van der Waals surface area contributed by atoms with E-state index in [4.69, 9.17) is 9.47 Å². The molecule has 0 amide bonds. The van der Waals surface area contributed by atoms with Crippen molar-refractivity contribution in [1.82, 2.24) is 4.90 Å². The quantitative estimate of drug-likeness (QED) is 0.626. The fraction of sp³-hybridized carbons (Fsp3) is 0.360. The van der Waals surface area contributed by atoms with E-state index in [0.717, 1.165) is 28.5 Å². The second-order valence-corrected chi connectivity index (χ2v) is 8.25. The number of rotatable bonds is 3. The largest absolute Gasteiger partial charge is 0.507 e. The molecule has 1 heterocycles. The molecule has 5 heteroatoms. The van der Waals surface area contributed by atoms with Crippen LogP contribution in [0.5, 0.6) is 23.0 Å². The Bertz CT molecular complexity index is 1140. The van der Waals surface area contributed by atoms with Crippen molar-refractivity contribution in [1.29, 1.82) is 0 Å². The van der Waals surface area contributed by atoms with E-state index < -0.39 is 0 Å². The molecule has 1 aliphatic rings. The maximum Gasteiger partial charge on any atom is 0.135 e. The molecule has 5 nitrogen and oxygen atoms in total. The topological polar surface area (TPSA) is 62.2 Å². The highest BCUT2D eigenvalue weighted by Crippen LogP contribution is 2.52. The lowest BCUT2D eigenvalue weighted by Crippen LogP contribution is -2.38. The summed E-state index contributed by atoms with van der Waals surface area (Å²) < 4.78 is 11.4. The highest BCUT2D eigenvalue weighted by atomic mass is 16.5. The Labute approximate surface area is 177 Å². The summed E-state index contributed by atoms with van der Waals surface area (Å²) in [5.74, 6) is 1.40. The number of aromatic hydroxyl groups is 2. The lowest BCUT2D eigenvalue weighted by molar-refractivity contribution is 0.175. The van der Waals surface area contributed by atoms with Crippen molar-refractivity contribution >= 4 is 10.8 Å². The van der Waals surface area contributed by atoms with Gasteiger partial charge in [-0.15, -0.1) is 0 Å². The van der Waals surface area contributed by atoms with Gasteiger partial charge in [-0.05, 0) is 62.9 Å². The number of aryl methyl sites for hydroxylation is 1. The van der Waals surface area contributed by atoms with E-state index in [1.165, 1.54) is 0 Å². The van der Waals surface area contributed by atoms with Gasteiger partial charge in [0.25, 0.3) is 0 Å². The van der Waals surface area contributed by atoms with Crippen LogP contribution in [0.2, 0.25) is 0 Å². The van der Waals surface area contributed by atoms with Crippen molar-refractivity contribution in [3.05, 3.63) is 47.0 Å². The molecule has 1 aliphatic heterocycles. The molecule has 3 aromatic carbocycles. The van der Waals surface area contributed by atoms with E-state index in [2.05, 4.69) is 25.8 Å². The first-order valence-corrected chi connectivity index (χ1v) is 10.2. The highest BCUT2D eigenvalue weighted by molar-refractivity contribution is 6.02. The number of methoxy groups -OCH3 is 2. The number of benzene rings is 3. The Balaban J connectivity index is 2.08. The van der Waals surface area contributed by atoms with Crippen molar-refractivity contribution in [3.63, 3.8) is 0 Å². The molecule has 0 aliphatic carbocycles. The van der Waals surface area contributed by atoms with E-state index in [1.807, 2.05) is 37.3 Å². The average Bonchev–Trinajstić information content (AvgIpc) is 2.71. The van der Waals surface area contributed by atoms with Crippen LogP contribution >= 0.6 is 0 Å². The first-order valence-electron chi connectivity index (χ1n) is 10.2. The molecule has 30 heavy (non-hydrogen) atoms. The molecule has 2 atom stereocenters. The molecular formula is C25H29NO4. The van der Waals surface area contributed by atoms with Gasteiger partial charge in [0.1, 0.15) is 23.0 Å². The zero-order chi connectivity index (χ0) is 21.7. The van der Waals surface area contributed by atoms with E-state index in [9.17, 15) is 10.2 Å². The van der Waals surface area contributed by atoms with Crippen LogP contribution < -0.4 is 9.47 Å². The van der Waals surface area contributed by atoms with Crippen LogP contribution in [0, 0.1) is 6.92 Å². The molecule has 0 unspecified atom stereocenters. The molecular weight excluding hydrogens is 378 g/mol. The van der Waals surface area contributed by atoms with Gasteiger partial charge in [-0.1, -0.05) is 18.2 Å². The molecule has 158 valence electrons. The summed E-state index contributed by atoms with van der Waals surface area (Å²) in [5, 5.41) is 23.9. The molecule has 0 fully saturated rings. The summed E-state index contributed by atoms with van der Waals surface area (Å²) in [4.78, 5) is 2.31. The molecule has 0 spiro atoms. The van der Waals surface area contributed by atoms with Gasteiger partial charge in [-0.25, -0.2) is 0 Å². The molecule has 2 N–H and O–H groups in total. The number of fused-ring (bicyclic) bond motifs is 2. The molecule has 0 saturated heterocycles. The number of hydrogen-bond acceptors (Lipinski definition) is 5. The van der Waals surface area contributed by atoms with Gasteiger partial charge in [0.2, 0.25) is 0 Å². The molecule has 4 rings (SSSR count). The molecule has 0 bridgehead atoms. The number of phenols is 2. The minimum Gasteiger partial charge on any atom is -0.507 e. The van der Waals surface area contributed by atoms with Gasteiger partial charge >= 0.3 is 0 Å². The number of hydrogen-bond donors (Lipinski definition) is 2. The monoisotopic (exact) mass is 407 g/mol. The smallest absolute Gasteiger partial charge is 0.135 e. The Morgan fingerprint density at radius 2 is 1.77 bits per heavy atom. The van der Waals surface area contributed by atoms with Crippen LogP contribution in [-0.4, -0.2) is 42.4 Å². The summed E-state index contributed by atoms with van der Waals surface area (Å²) in [5.41, 5.74) is 4.09. The third-order valence-electron chi connectivity index (χ3n) is 6.60. The zero-order valence-electron chi connectivity index (χ0n) is 18.4. The maximum atomic E-state index is 11.3. The van der Waals surface area contributed by atoms with Crippen LogP contribution in [0.15, 0.2) is 30.3 Å². The fourth-order valence-electron chi connectivity index (χ4n) is 4.86.